The molecule has 0 aliphatic carbocycles. The van der Waals surface area contributed by atoms with Crippen molar-refractivity contribution in [2.24, 2.45) is 11.7 Å². The summed E-state index contributed by atoms with van der Waals surface area (Å²) in [5.74, 6) is 0.822. The summed E-state index contributed by atoms with van der Waals surface area (Å²) in [4.78, 5) is 2.59. The molecule has 112 valence electrons. The maximum Gasteiger partial charge on any atom is 0.0499 e. The average molecular weight is 295 g/mol. The molecule has 3 unspecified atom stereocenters. The highest BCUT2D eigenvalue weighted by molar-refractivity contribution is 6.30. The third-order valence-corrected chi connectivity index (χ3v) is 4.86. The van der Waals surface area contributed by atoms with Crippen LogP contribution in [0.15, 0.2) is 24.3 Å². The van der Waals surface area contributed by atoms with Crippen LogP contribution in [-0.2, 0) is 0 Å². The molecule has 1 saturated heterocycles. The van der Waals surface area contributed by atoms with E-state index in [0.717, 1.165) is 23.9 Å². The lowest BCUT2D eigenvalue weighted by molar-refractivity contribution is 0.104. The van der Waals surface area contributed by atoms with Gasteiger partial charge in [-0.2, -0.15) is 0 Å². The summed E-state index contributed by atoms with van der Waals surface area (Å²) in [5.41, 5.74) is 7.74. The first-order valence-corrected chi connectivity index (χ1v) is 8.28. The second-order valence-corrected chi connectivity index (χ2v) is 6.42. The summed E-state index contributed by atoms with van der Waals surface area (Å²) in [6, 6.07) is 8.75. The van der Waals surface area contributed by atoms with Crippen LogP contribution in [-0.4, -0.2) is 24.0 Å². The van der Waals surface area contributed by atoms with Gasteiger partial charge in [0, 0.05) is 23.7 Å². The quantitative estimate of drug-likeness (QED) is 0.880. The van der Waals surface area contributed by atoms with Crippen molar-refractivity contribution in [3.8, 4) is 0 Å². The molecule has 2 rings (SSSR count). The highest BCUT2D eigenvalue weighted by Crippen LogP contribution is 2.31. The number of hydrogen-bond acceptors (Lipinski definition) is 2. The number of nitrogens with zero attached hydrogens (tertiary/aromatic N) is 1. The molecule has 2 N–H and O–H groups in total. The molecule has 0 spiro atoms. The van der Waals surface area contributed by atoms with Gasteiger partial charge in [0.05, 0.1) is 0 Å². The molecule has 0 saturated carbocycles. The van der Waals surface area contributed by atoms with Crippen LogP contribution in [0.3, 0.4) is 0 Å². The van der Waals surface area contributed by atoms with Gasteiger partial charge in [-0.15, -0.1) is 0 Å². The molecule has 0 bridgehead atoms. The Balaban J connectivity index is 2.20. The molecule has 1 aliphatic heterocycles. The fourth-order valence-corrected chi connectivity index (χ4v) is 3.42. The molecule has 3 heteroatoms. The van der Waals surface area contributed by atoms with Crippen molar-refractivity contribution in [1.82, 2.24) is 4.90 Å². The van der Waals surface area contributed by atoms with Gasteiger partial charge in [-0.05, 0) is 49.4 Å². The number of halogens is 1. The van der Waals surface area contributed by atoms with E-state index >= 15 is 0 Å². The van der Waals surface area contributed by atoms with E-state index in [4.69, 9.17) is 17.3 Å². The Morgan fingerprint density at radius 2 is 2.00 bits per heavy atom. The Bertz CT molecular complexity index is 404. The first kappa shape index (κ1) is 15.8. The molecule has 0 aromatic heterocycles. The maximum atomic E-state index is 6.43. The summed E-state index contributed by atoms with van der Waals surface area (Å²) in [6.07, 6.45) is 4.92. The summed E-state index contributed by atoms with van der Waals surface area (Å²) in [5, 5.41) is 0.794. The van der Waals surface area contributed by atoms with E-state index in [2.05, 4.69) is 30.9 Å². The molecule has 0 amide bonds. The molecule has 0 radical (unpaired) electrons. The van der Waals surface area contributed by atoms with Crippen molar-refractivity contribution in [2.45, 2.75) is 51.6 Å². The van der Waals surface area contributed by atoms with Gasteiger partial charge in [-0.3, -0.25) is 4.90 Å². The van der Waals surface area contributed by atoms with Crippen LogP contribution in [0.4, 0.5) is 0 Å². The molecule has 20 heavy (non-hydrogen) atoms. The second-order valence-electron chi connectivity index (χ2n) is 5.98. The zero-order chi connectivity index (χ0) is 14.5. The van der Waals surface area contributed by atoms with Crippen LogP contribution >= 0.6 is 11.6 Å². The smallest absolute Gasteiger partial charge is 0.0499 e. The second kappa shape index (κ2) is 7.44. The van der Waals surface area contributed by atoms with Crippen molar-refractivity contribution in [2.75, 3.05) is 13.1 Å². The molecular weight excluding hydrogens is 268 g/mol. The predicted molar refractivity (Wildman–Crippen MR) is 87.0 cm³/mol. The molecule has 1 aromatic carbocycles. The molecular formula is C17H27ClN2. The minimum absolute atomic E-state index is 0.187. The van der Waals surface area contributed by atoms with E-state index in [1.54, 1.807) is 0 Å². The highest BCUT2D eigenvalue weighted by atomic mass is 35.5. The van der Waals surface area contributed by atoms with E-state index in [1.165, 1.54) is 31.4 Å². The lowest BCUT2D eigenvalue weighted by atomic mass is 9.90. The van der Waals surface area contributed by atoms with Crippen molar-refractivity contribution >= 4 is 11.6 Å². The topological polar surface area (TPSA) is 29.3 Å². The lowest BCUT2D eigenvalue weighted by Gasteiger charge is -2.40. The molecule has 1 heterocycles. The third kappa shape index (κ3) is 3.75. The fraction of sp³-hybridized carbons (Fsp3) is 0.647. The van der Waals surface area contributed by atoms with E-state index in [9.17, 15) is 0 Å². The number of benzene rings is 1. The van der Waals surface area contributed by atoms with Gasteiger partial charge >= 0.3 is 0 Å². The SMILES string of the molecule is CCC1CCCN(C(c2ccc(Cl)cc2)C(N)CC)C1. The Morgan fingerprint density at radius 1 is 1.30 bits per heavy atom. The average Bonchev–Trinajstić information content (AvgIpc) is 2.49. The van der Waals surface area contributed by atoms with Crippen LogP contribution in [0, 0.1) is 5.92 Å². The first-order valence-electron chi connectivity index (χ1n) is 7.90. The van der Waals surface area contributed by atoms with Crippen molar-refractivity contribution in [1.29, 1.82) is 0 Å². The summed E-state index contributed by atoms with van der Waals surface area (Å²) < 4.78 is 0. The van der Waals surface area contributed by atoms with E-state index in [-0.39, 0.29) is 6.04 Å². The normalized spacial score (nSPS) is 23.5. The Morgan fingerprint density at radius 3 is 2.60 bits per heavy atom. The Kier molecular flexibility index (Phi) is 5.88. The number of piperidine rings is 1. The zero-order valence-corrected chi connectivity index (χ0v) is 13.4. The van der Waals surface area contributed by atoms with Crippen LogP contribution < -0.4 is 5.73 Å². The van der Waals surface area contributed by atoms with Crippen LogP contribution in [0.2, 0.25) is 5.02 Å². The summed E-state index contributed by atoms with van der Waals surface area (Å²) in [6.45, 7) is 6.81. The Hall–Kier alpha value is -0.570. The zero-order valence-electron chi connectivity index (χ0n) is 12.7. The molecule has 1 aromatic rings. The molecule has 1 aliphatic rings. The third-order valence-electron chi connectivity index (χ3n) is 4.61. The predicted octanol–water partition coefficient (Wildman–Crippen LogP) is 4.24. The van der Waals surface area contributed by atoms with Crippen molar-refractivity contribution < 1.29 is 0 Å². The minimum Gasteiger partial charge on any atom is -0.326 e. The largest absolute Gasteiger partial charge is 0.326 e. The minimum atomic E-state index is 0.187. The van der Waals surface area contributed by atoms with E-state index in [0.29, 0.717) is 6.04 Å². The highest BCUT2D eigenvalue weighted by Gasteiger charge is 2.29. The van der Waals surface area contributed by atoms with Crippen LogP contribution in [0.1, 0.15) is 51.1 Å². The number of likely N-dealkylation sites (tertiary alicyclic amines) is 1. The standard InChI is InChI=1S/C17H27ClN2/c1-3-13-6-5-11-20(12-13)17(16(19)4-2)14-7-9-15(18)10-8-14/h7-10,13,16-17H,3-6,11-12,19H2,1-2H3. The van der Waals surface area contributed by atoms with Gasteiger partial charge in [0.25, 0.3) is 0 Å². The lowest BCUT2D eigenvalue weighted by Crippen LogP contribution is -2.45. The van der Waals surface area contributed by atoms with Gasteiger partial charge in [-0.25, -0.2) is 0 Å². The maximum absolute atomic E-state index is 6.43. The van der Waals surface area contributed by atoms with Gasteiger partial charge in [0.1, 0.15) is 0 Å². The van der Waals surface area contributed by atoms with Gasteiger partial charge in [-0.1, -0.05) is 44.0 Å². The monoisotopic (exact) mass is 294 g/mol. The number of rotatable bonds is 5. The van der Waals surface area contributed by atoms with Crippen molar-refractivity contribution in [3.63, 3.8) is 0 Å². The number of nitrogens with two attached hydrogens (primary N) is 1. The summed E-state index contributed by atoms with van der Waals surface area (Å²) >= 11 is 6.02. The van der Waals surface area contributed by atoms with E-state index in [1.807, 2.05) is 12.1 Å². The van der Waals surface area contributed by atoms with Gasteiger partial charge in [0.15, 0.2) is 0 Å². The Labute approximate surface area is 128 Å². The first-order chi connectivity index (χ1) is 9.65. The van der Waals surface area contributed by atoms with Crippen molar-refractivity contribution in [3.05, 3.63) is 34.9 Å². The molecule has 2 nitrogen and oxygen atoms in total. The summed E-state index contributed by atoms with van der Waals surface area (Å²) in [7, 11) is 0. The van der Waals surface area contributed by atoms with Gasteiger partial charge < -0.3 is 5.73 Å². The fourth-order valence-electron chi connectivity index (χ4n) is 3.30. The van der Waals surface area contributed by atoms with Crippen LogP contribution in [0.5, 0.6) is 0 Å². The number of hydrogen-bond donors (Lipinski definition) is 1. The molecule has 1 fully saturated rings. The molecule has 3 atom stereocenters. The van der Waals surface area contributed by atoms with Crippen LogP contribution in [0.25, 0.3) is 0 Å². The van der Waals surface area contributed by atoms with E-state index < -0.39 is 0 Å². The van der Waals surface area contributed by atoms with Gasteiger partial charge in [0.2, 0.25) is 0 Å².